The molecule has 29 N–H and O–H groups in total. The van der Waals surface area contributed by atoms with Crippen molar-refractivity contribution in [3.63, 3.8) is 0 Å². The highest BCUT2D eigenvalue weighted by Gasteiger charge is 2.39. The van der Waals surface area contributed by atoms with Gasteiger partial charge < -0.3 is 119 Å². The SMILES string of the molecule is CC[C@H](C)[C@H](NC(=O)[C@H](CCN)NC(=O)[C@H](C)NC(=O)[C@H](C)N)C(=O)N[C@H](C(=O)N[C@@H](CC(C)C)C(=O)N[C@@H](CCN)C(=O)N[C@@H](Cc1c[nH]c2ccccc12)C(=O)N[C@@H](CCN)C(=O)N[C@@H](Cc1c[nH]c2ccccc12)C(=O)N[C@@H](CCN)C(=O)N[C@@H](Cc1ccccc1)C(=O)N[C@@H](CCCN=C(N)N)C(=O)O)[C@@H](C)CC. The Hall–Kier alpha value is -11.1. The van der Waals surface area contributed by atoms with Gasteiger partial charge in [0.25, 0.3) is 0 Å². The summed E-state index contributed by atoms with van der Waals surface area (Å²) in [5.74, 6) is -12.7. The Balaban J connectivity index is 1.42. The number of guanidine groups is 1. The van der Waals surface area contributed by atoms with E-state index in [4.69, 9.17) is 40.1 Å². The average Bonchev–Trinajstić information content (AvgIpc) is 1.68. The molecule has 15 atom stereocenters. The number of hydrogen-bond acceptors (Lipinski definition) is 19. The maximum Gasteiger partial charge on any atom is 0.326 e. The van der Waals surface area contributed by atoms with Gasteiger partial charge in [-0.3, -0.25) is 62.5 Å². The molecule has 5 rings (SSSR count). The molecule has 36 heteroatoms. The van der Waals surface area contributed by atoms with Gasteiger partial charge in [-0.05, 0) is 132 Å². The molecule has 113 heavy (non-hydrogen) atoms. The normalized spacial score (nSPS) is 15.3. The lowest BCUT2D eigenvalue weighted by molar-refractivity contribution is -0.142. The van der Waals surface area contributed by atoms with E-state index in [1.165, 1.54) is 13.8 Å². The number of rotatable bonds is 49. The highest BCUT2D eigenvalue weighted by molar-refractivity contribution is 6.01. The second-order valence-electron chi connectivity index (χ2n) is 28.9. The summed E-state index contributed by atoms with van der Waals surface area (Å²) in [6.07, 6.45) is 2.96. The molecule has 0 aliphatic carbocycles. The number of aliphatic carboxylic acids is 1. The van der Waals surface area contributed by atoms with Crippen LogP contribution in [0, 0.1) is 17.8 Å². The van der Waals surface area contributed by atoms with E-state index in [0.29, 0.717) is 51.3 Å². The van der Waals surface area contributed by atoms with E-state index in [9.17, 15) is 62.6 Å². The van der Waals surface area contributed by atoms with Crippen LogP contribution in [0.1, 0.15) is 130 Å². The molecule has 620 valence electrons. The summed E-state index contributed by atoms with van der Waals surface area (Å²) in [4.78, 5) is 195. The number of carboxylic acid groups (broad SMARTS) is 1. The molecule has 0 bridgehead atoms. The fraction of sp³-hybridized carbons (Fsp3) is 0.532. The first-order valence-corrected chi connectivity index (χ1v) is 38.4. The number of nitrogens with zero attached hydrogens (tertiary/aromatic N) is 1. The number of hydrogen-bond donors (Lipinski definition) is 22. The van der Waals surface area contributed by atoms with E-state index in [-0.39, 0.29) is 109 Å². The molecule has 3 aromatic carbocycles. The van der Waals surface area contributed by atoms with Gasteiger partial charge in [0.05, 0.1) is 6.04 Å². The summed E-state index contributed by atoms with van der Waals surface area (Å²) in [5, 5.41) is 43.8. The molecular formula is C77H118N22O14. The number of aromatic amines is 2. The maximum atomic E-state index is 15.1. The van der Waals surface area contributed by atoms with Crippen molar-refractivity contribution in [3.8, 4) is 0 Å². The molecule has 0 saturated heterocycles. The second-order valence-corrected chi connectivity index (χ2v) is 28.9. The molecule has 2 aromatic heterocycles. The topological polar surface area (TPSA) is 613 Å². The van der Waals surface area contributed by atoms with Crippen molar-refractivity contribution in [1.29, 1.82) is 0 Å². The van der Waals surface area contributed by atoms with E-state index in [1.807, 2.05) is 0 Å². The Kier molecular flexibility index (Phi) is 38.2. The van der Waals surface area contributed by atoms with Crippen LogP contribution in [0.2, 0.25) is 0 Å². The summed E-state index contributed by atoms with van der Waals surface area (Å²) in [6, 6.07) is 5.49. The highest BCUT2D eigenvalue weighted by Crippen LogP contribution is 2.23. The third-order valence-electron chi connectivity index (χ3n) is 19.4. The summed E-state index contributed by atoms with van der Waals surface area (Å²) in [5.41, 5.74) is 43.8. The number of nitrogens with one attached hydrogen (secondary N) is 14. The molecule has 2 heterocycles. The maximum absolute atomic E-state index is 15.1. The predicted molar refractivity (Wildman–Crippen MR) is 427 cm³/mol. The summed E-state index contributed by atoms with van der Waals surface area (Å²) in [6.45, 7) is 12.9. The van der Waals surface area contributed by atoms with Gasteiger partial charge in [-0.25, -0.2) is 4.79 Å². The quantitative estimate of drug-likeness (QED) is 0.0109. The average molecular weight is 1580 g/mol. The first kappa shape index (κ1) is 92.5. The van der Waals surface area contributed by atoms with Crippen LogP contribution in [0.3, 0.4) is 0 Å². The Morgan fingerprint density at radius 1 is 0.398 bits per heavy atom. The number of nitrogens with two attached hydrogens (primary N) is 7. The van der Waals surface area contributed by atoms with Crippen LogP contribution in [0.5, 0.6) is 0 Å². The third kappa shape index (κ3) is 29.2. The lowest BCUT2D eigenvalue weighted by Crippen LogP contribution is -2.62. The lowest BCUT2D eigenvalue weighted by Gasteiger charge is -2.31. The zero-order chi connectivity index (χ0) is 83.6. The van der Waals surface area contributed by atoms with Crippen LogP contribution in [0.25, 0.3) is 21.8 Å². The summed E-state index contributed by atoms with van der Waals surface area (Å²) >= 11 is 0. The van der Waals surface area contributed by atoms with E-state index in [2.05, 4.69) is 78.8 Å². The van der Waals surface area contributed by atoms with Gasteiger partial charge in [-0.2, -0.15) is 0 Å². The number of fused-ring (bicyclic) bond motifs is 2. The van der Waals surface area contributed by atoms with Crippen molar-refractivity contribution < 1.29 is 67.4 Å². The fourth-order valence-electron chi connectivity index (χ4n) is 12.5. The molecule has 36 nitrogen and oxygen atoms in total. The number of H-pyrrole nitrogens is 2. The van der Waals surface area contributed by atoms with Crippen LogP contribution in [0.15, 0.2) is 96.2 Å². The van der Waals surface area contributed by atoms with E-state index >= 15 is 4.79 Å². The van der Waals surface area contributed by atoms with Crippen molar-refractivity contribution in [3.05, 3.63) is 108 Å². The minimum Gasteiger partial charge on any atom is -0.480 e. The summed E-state index contributed by atoms with van der Waals surface area (Å²) < 4.78 is 0. The van der Waals surface area contributed by atoms with Crippen LogP contribution in [-0.4, -0.2) is 209 Å². The Bertz CT molecular complexity index is 4030. The lowest BCUT2D eigenvalue weighted by atomic mass is 9.94. The second kappa shape index (κ2) is 46.7. The van der Waals surface area contributed by atoms with E-state index in [0.717, 1.165) is 0 Å². The van der Waals surface area contributed by atoms with Gasteiger partial charge in [0.15, 0.2) is 5.96 Å². The monoisotopic (exact) mass is 1570 g/mol. The predicted octanol–water partition coefficient (Wildman–Crippen LogP) is -2.47. The smallest absolute Gasteiger partial charge is 0.326 e. The first-order valence-electron chi connectivity index (χ1n) is 38.4. The first-order chi connectivity index (χ1) is 53.8. The van der Waals surface area contributed by atoms with E-state index in [1.54, 1.807) is 133 Å². The zero-order valence-electron chi connectivity index (χ0n) is 65.7. The fourth-order valence-corrected chi connectivity index (χ4v) is 12.5. The number of para-hydroxylation sites is 2. The number of carboxylic acids is 1. The molecule has 0 radical (unpaired) electrons. The number of amides is 12. The van der Waals surface area contributed by atoms with Crippen molar-refractivity contribution in [2.45, 2.75) is 211 Å². The molecular weight excluding hydrogens is 1460 g/mol. The van der Waals surface area contributed by atoms with Crippen LogP contribution >= 0.6 is 0 Å². The number of benzene rings is 3. The summed E-state index contributed by atoms with van der Waals surface area (Å²) in [7, 11) is 0. The Morgan fingerprint density at radius 3 is 1.14 bits per heavy atom. The molecule has 0 saturated carbocycles. The van der Waals surface area contributed by atoms with Gasteiger partial charge in [0.2, 0.25) is 70.9 Å². The van der Waals surface area contributed by atoms with Crippen molar-refractivity contribution >= 4 is 105 Å². The third-order valence-corrected chi connectivity index (χ3v) is 19.4. The zero-order valence-corrected chi connectivity index (χ0v) is 65.7. The minimum atomic E-state index is -1.52. The van der Waals surface area contributed by atoms with Gasteiger partial charge in [-0.1, -0.05) is 121 Å². The van der Waals surface area contributed by atoms with Gasteiger partial charge >= 0.3 is 5.97 Å². The molecule has 0 aliphatic rings. The number of carbonyl (C=O) groups is 13. The molecule has 0 fully saturated rings. The Morgan fingerprint density at radius 2 is 0.743 bits per heavy atom. The molecule has 0 spiro atoms. The standard InChI is InChI=1S/C77H118N22O14/c1-9-42(5)62(99-75(111)63(43(6)10-2)98-69(105)56(29-33-81)89-65(101)45(8)88-64(100)44(7)82)74(110)97-58(35-41(3)4)70(106)90-54(27-31-79)67(103)95-61(38-48-40-87-52-24-17-15-22-50(48)52)73(109)92-55(28-32-80)68(104)96-60(37-47-39-86-51-23-16-14-21-49(47)51)72(108)91-53(26-30-78)66(102)94-59(36-46-19-12-11-13-20-46)71(107)93-57(76(112)113)25-18-34-85-77(83)84/h11-17,19-24,39-45,53-63,86-87H,9-10,18,25-38,78-82H2,1-8H3,(H,88,100)(H,89,101)(H,90,106)(H,91,108)(H,92,109)(H,93,107)(H,94,102)(H,95,103)(H,96,104)(H,97,110)(H,98,105)(H,99,111)(H,112,113)(H4,83,84,85)/t42-,43-,44-,45-,53-,54-,55-,56-,57-,58-,59-,60-,61-,62-,63-/m0/s1. The van der Waals surface area contributed by atoms with Gasteiger partial charge in [0, 0.05) is 60.0 Å². The van der Waals surface area contributed by atoms with Crippen LogP contribution in [-0.2, 0) is 81.6 Å². The van der Waals surface area contributed by atoms with Gasteiger partial charge in [0.1, 0.15) is 72.5 Å². The number of aromatic nitrogens is 2. The van der Waals surface area contributed by atoms with Gasteiger partial charge in [-0.15, -0.1) is 0 Å². The van der Waals surface area contributed by atoms with Crippen molar-refractivity contribution in [2.24, 2.45) is 62.9 Å². The number of aliphatic imine (C=N–C) groups is 1. The minimum absolute atomic E-state index is 0.0203. The van der Waals surface area contributed by atoms with Crippen LogP contribution < -0.4 is 104 Å². The van der Waals surface area contributed by atoms with Crippen molar-refractivity contribution in [1.82, 2.24) is 73.8 Å². The molecule has 12 amide bonds. The molecule has 0 aliphatic heterocycles. The van der Waals surface area contributed by atoms with E-state index < -0.39 is 167 Å². The van der Waals surface area contributed by atoms with Crippen molar-refractivity contribution in [2.75, 3.05) is 32.7 Å². The highest BCUT2D eigenvalue weighted by atomic mass is 16.4. The van der Waals surface area contributed by atoms with Crippen LogP contribution in [0.4, 0.5) is 0 Å². The molecule has 5 aromatic rings. The largest absolute Gasteiger partial charge is 0.480 e. The number of carbonyl (C=O) groups excluding carboxylic acids is 12. The Labute approximate surface area is 657 Å². The molecule has 0 unspecified atom stereocenters.